The molecule has 6 heteroatoms. The van der Waals surface area contributed by atoms with Gasteiger partial charge in [-0.1, -0.05) is 0 Å². The topological polar surface area (TPSA) is 69.2 Å². The van der Waals surface area contributed by atoms with E-state index in [0.29, 0.717) is 25.9 Å². The molecule has 1 aromatic heterocycles. The van der Waals surface area contributed by atoms with Crippen LogP contribution in [0.2, 0.25) is 0 Å². The summed E-state index contributed by atoms with van der Waals surface area (Å²) in [4.78, 5) is 14.4. The van der Waals surface area contributed by atoms with E-state index >= 15 is 0 Å². The average molecular weight is 343 g/mol. The number of aliphatic hydroxyl groups is 1. The SMILES string of the molecule is O=C(CC1(O)CCC1)N1CCc2[nH]nc(-c3ccc(F)cc3)c2CC1. The van der Waals surface area contributed by atoms with Gasteiger partial charge in [0, 0.05) is 36.3 Å². The predicted molar refractivity (Wildman–Crippen MR) is 91.4 cm³/mol. The summed E-state index contributed by atoms with van der Waals surface area (Å²) in [5.74, 6) is -0.236. The zero-order chi connectivity index (χ0) is 17.4. The number of hydrogen-bond acceptors (Lipinski definition) is 3. The van der Waals surface area contributed by atoms with Crippen LogP contribution in [0.25, 0.3) is 11.3 Å². The van der Waals surface area contributed by atoms with Crippen molar-refractivity contribution in [3.63, 3.8) is 0 Å². The van der Waals surface area contributed by atoms with Crippen LogP contribution in [0.15, 0.2) is 24.3 Å². The smallest absolute Gasteiger partial charge is 0.225 e. The number of halogens is 1. The van der Waals surface area contributed by atoms with Crippen LogP contribution in [0.5, 0.6) is 0 Å². The number of nitrogens with one attached hydrogen (secondary N) is 1. The molecule has 1 amide bonds. The normalized spacial score (nSPS) is 19.0. The van der Waals surface area contributed by atoms with Gasteiger partial charge in [0.15, 0.2) is 0 Å². The number of nitrogens with zero attached hydrogens (tertiary/aromatic N) is 2. The van der Waals surface area contributed by atoms with Crippen LogP contribution in [-0.2, 0) is 17.6 Å². The van der Waals surface area contributed by atoms with Gasteiger partial charge in [0.1, 0.15) is 5.82 Å². The number of rotatable bonds is 3. The van der Waals surface area contributed by atoms with Crippen molar-refractivity contribution in [1.82, 2.24) is 15.1 Å². The van der Waals surface area contributed by atoms with E-state index in [9.17, 15) is 14.3 Å². The van der Waals surface area contributed by atoms with E-state index < -0.39 is 5.60 Å². The number of amides is 1. The lowest BCUT2D eigenvalue weighted by molar-refractivity contribution is -0.140. The van der Waals surface area contributed by atoms with E-state index in [1.807, 2.05) is 4.90 Å². The first-order chi connectivity index (χ1) is 12.0. The van der Waals surface area contributed by atoms with E-state index in [0.717, 1.165) is 41.8 Å². The van der Waals surface area contributed by atoms with Crippen molar-refractivity contribution in [3.8, 4) is 11.3 Å². The van der Waals surface area contributed by atoms with Gasteiger partial charge in [0.05, 0.1) is 17.7 Å². The molecule has 2 aromatic rings. The fraction of sp³-hybridized carbons (Fsp3) is 0.474. The molecule has 0 atom stereocenters. The first-order valence-electron chi connectivity index (χ1n) is 8.86. The molecule has 0 spiro atoms. The maximum atomic E-state index is 13.1. The first kappa shape index (κ1) is 16.3. The molecule has 1 aliphatic heterocycles. The van der Waals surface area contributed by atoms with E-state index in [-0.39, 0.29) is 18.1 Å². The van der Waals surface area contributed by atoms with E-state index in [1.165, 1.54) is 12.1 Å². The second-order valence-corrected chi connectivity index (χ2v) is 7.17. The third-order valence-corrected chi connectivity index (χ3v) is 5.45. The van der Waals surface area contributed by atoms with Gasteiger partial charge < -0.3 is 10.0 Å². The summed E-state index contributed by atoms with van der Waals surface area (Å²) in [6, 6.07) is 6.32. The second kappa shape index (κ2) is 6.26. The van der Waals surface area contributed by atoms with Crippen molar-refractivity contribution in [1.29, 1.82) is 0 Å². The number of benzene rings is 1. The largest absolute Gasteiger partial charge is 0.389 e. The number of carbonyl (C=O) groups is 1. The predicted octanol–water partition coefficient (Wildman–Crippen LogP) is 2.45. The Hall–Kier alpha value is -2.21. The summed E-state index contributed by atoms with van der Waals surface area (Å²) in [5.41, 5.74) is 3.07. The highest BCUT2D eigenvalue weighted by atomic mass is 19.1. The van der Waals surface area contributed by atoms with E-state index in [2.05, 4.69) is 10.2 Å². The number of hydrogen-bond donors (Lipinski definition) is 2. The van der Waals surface area contributed by atoms with Crippen molar-refractivity contribution < 1.29 is 14.3 Å². The van der Waals surface area contributed by atoms with Crippen LogP contribution in [0.3, 0.4) is 0 Å². The highest BCUT2D eigenvalue weighted by molar-refractivity contribution is 5.77. The third-order valence-electron chi connectivity index (χ3n) is 5.45. The Morgan fingerprint density at radius 1 is 1.24 bits per heavy atom. The van der Waals surface area contributed by atoms with Gasteiger partial charge in [-0.2, -0.15) is 5.10 Å². The van der Waals surface area contributed by atoms with Crippen LogP contribution < -0.4 is 0 Å². The quantitative estimate of drug-likeness (QED) is 0.899. The molecular weight excluding hydrogens is 321 g/mol. The molecule has 0 unspecified atom stereocenters. The number of H-pyrrole nitrogens is 1. The van der Waals surface area contributed by atoms with Crippen LogP contribution in [0.4, 0.5) is 4.39 Å². The van der Waals surface area contributed by atoms with Crippen LogP contribution in [0, 0.1) is 5.82 Å². The minimum Gasteiger partial charge on any atom is -0.389 e. The fourth-order valence-corrected chi connectivity index (χ4v) is 3.73. The molecule has 5 nitrogen and oxygen atoms in total. The summed E-state index contributed by atoms with van der Waals surface area (Å²) in [5, 5.41) is 17.7. The van der Waals surface area contributed by atoms with Crippen LogP contribution in [0.1, 0.15) is 36.9 Å². The highest BCUT2D eigenvalue weighted by Crippen LogP contribution is 2.35. The molecule has 132 valence electrons. The van der Waals surface area contributed by atoms with Gasteiger partial charge in [-0.15, -0.1) is 0 Å². The molecule has 2 heterocycles. The number of aromatic nitrogens is 2. The van der Waals surface area contributed by atoms with Gasteiger partial charge in [-0.05, 0) is 49.9 Å². The summed E-state index contributed by atoms with van der Waals surface area (Å²) in [7, 11) is 0. The van der Waals surface area contributed by atoms with Crippen LogP contribution in [-0.4, -0.2) is 44.8 Å². The molecule has 0 saturated heterocycles. The molecule has 1 fully saturated rings. The van der Waals surface area contributed by atoms with Gasteiger partial charge in [-0.25, -0.2) is 4.39 Å². The highest BCUT2D eigenvalue weighted by Gasteiger charge is 2.38. The number of aromatic amines is 1. The van der Waals surface area contributed by atoms with Crippen molar-refractivity contribution in [2.24, 2.45) is 0 Å². The molecule has 1 aromatic carbocycles. The lowest BCUT2D eigenvalue weighted by Crippen LogP contribution is -2.44. The maximum absolute atomic E-state index is 13.1. The monoisotopic (exact) mass is 343 g/mol. The van der Waals surface area contributed by atoms with E-state index in [4.69, 9.17) is 0 Å². The summed E-state index contributed by atoms with van der Waals surface area (Å²) in [6.07, 6.45) is 4.11. The standard InChI is InChI=1S/C19H22FN3O2/c20-14-4-2-13(3-5-14)18-15-6-10-23(11-7-16(15)21-22-18)17(24)12-19(25)8-1-9-19/h2-5,25H,1,6-12H2,(H,21,22). The molecule has 1 aliphatic carbocycles. The van der Waals surface area contributed by atoms with Crippen LogP contribution >= 0.6 is 0 Å². The zero-order valence-corrected chi connectivity index (χ0v) is 14.1. The molecule has 25 heavy (non-hydrogen) atoms. The lowest BCUT2D eigenvalue weighted by Gasteiger charge is -2.37. The van der Waals surface area contributed by atoms with E-state index in [1.54, 1.807) is 12.1 Å². The Morgan fingerprint density at radius 3 is 2.64 bits per heavy atom. The van der Waals surface area contributed by atoms with Gasteiger partial charge >= 0.3 is 0 Å². The van der Waals surface area contributed by atoms with Crippen molar-refractivity contribution >= 4 is 5.91 Å². The molecule has 0 radical (unpaired) electrons. The minimum absolute atomic E-state index is 0.0312. The second-order valence-electron chi connectivity index (χ2n) is 7.17. The maximum Gasteiger partial charge on any atom is 0.225 e. The molecule has 2 aliphatic rings. The third kappa shape index (κ3) is 3.18. The summed E-state index contributed by atoms with van der Waals surface area (Å²) >= 11 is 0. The summed E-state index contributed by atoms with van der Waals surface area (Å²) < 4.78 is 13.1. The number of carbonyl (C=O) groups excluding carboxylic acids is 1. The van der Waals surface area contributed by atoms with Crippen molar-refractivity contribution in [2.75, 3.05) is 13.1 Å². The molecule has 4 rings (SSSR count). The molecule has 0 bridgehead atoms. The Labute approximate surface area is 145 Å². The zero-order valence-electron chi connectivity index (χ0n) is 14.1. The average Bonchev–Trinajstić information content (AvgIpc) is 2.85. The number of fused-ring (bicyclic) bond motifs is 1. The van der Waals surface area contributed by atoms with Crippen molar-refractivity contribution in [3.05, 3.63) is 41.3 Å². The molecule has 1 saturated carbocycles. The van der Waals surface area contributed by atoms with Gasteiger partial charge in [0.2, 0.25) is 5.91 Å². The Morgan fingerprint density at radius 2 is 1.96 bits per heavy atom. The fourth-order valence-electron chi connectivity index (χ4n) is 3.73. The lowest BCUT2D eigenvalue weighted by atomic mass is 9.77. The molecular formula is C19H22FN3O2. The Kier molecular flexibility index (Phi) is 4.07. The Bertz CT molecular complexity index is 780. The summed E-state index contributed by atoms with van der Waals surface area (Å²) in [6.45, 7) is 1.25. The van der Waals surface area contributed by atoms with Gasteiger partial charge in [0.25, 0.3) is 0 Å². The van der Waals surface area contributed by atoms with Crippen molar-refractivity contribution in [2.45, 2.75) is 44.1 Å². The molecule has 2 N–H and O–H groups in total. The van der Waals surface area contributed by atoms with Gasteiger partial charge in [-0.3, -0.25) is 9.89 Å². The minimum atomic E-state index is -0.779. The Balaban J connectivity index is 1.49. The first-order valence-corrected chi connectivity index (χ1v) is 8.86.